The van der Waals surface area contributed by atoms with E-state index in [1.54, 1.807) is 30.3 Å². The first-order valence-electron chi connectivity index (χ1n) is 8.58. The van der Waals surface area contributed by atoms with E-state index in [1.165, 1.54) is 12.1 Å². The molecule has 0 fully saturated rings. The molecule has 3 rings (SSSR count). The van der Waals surface area contributed by atoms with Crippen LogP contribution in [0.3, 0.4) is 0 Å². The molecule has 0 bridgehead atoms. The summed E-state index contributed by atoms with van der Waals surface area (Å²) in [5.74, 6) is -0.215. The number of carbonyl (C=O) groups excluding carboxylic acids is 2. The highest BCUT2D eigenvalue weighted by molar-refractivity contribution is 7.89. The van der Waals surface area contributed by atoms with Gasteiger partial charge in [-0.3, -0.25) is 9.59 Å². The highest BCUT2D eigenvalue weighted by Gasteiger charge is 2.19. The molecule has 0 saturated heterocycles. The fraction of sp³-hybridized carbons (Fsp3) is 0.263. The zero-order chi connectivity index (χ0) is 19.6. The Morgan fingerprint density at radius 2 is 1.85 bits per heavy atom. The zero-order valence-corrected chi connectivity index (χ0v) is 15.9. The van der Waals surface area contributed by atoms with E-state index >= 15 is 0 Å². The van der Waals surface area contributed by atoms with Crippen molar-refractivity contribution in [1.29, 1.82) is 0 Å². The lowest BCUT2D eigenvalue weighted by Crippen LogP contribution is -2.27. The van der Waals surface area contributed by atoms with Crippen molar-refractivity contribution in [2.45, 2.75) is 25.2 Å². The van der Waals surface area contributed by atoms with Gasteiger partial charge in [-0.1, -0.05) is 13.8 Å². The monoisotopic (exact) mass is 387 g/mol. The van der Waals surface area contributed by atoms with Crippen LogP contribution in [0.25, 0.3) is 0 Å². The molecule has 1 aliphatic heterocycles. The Balaban J connectivity index is 1.69. The first-order chi connectivity index (χ1) is 12.7. The molecule has 7 nitrogen and oxygen atoms in total. The Bertz CT molecular complexity index is 983. The molecule has 0 aromatic heterocycles. The third kappa shape index (κ3) is 4.53. The normalized spacial score (nSPS) is 13.4. The molecule has 0 radical (unpaired) electrons. The van der Waals surface area contributed by atoms with E-state index in [9.17, 15) is 18.0 Å². The highest BCUT2D eigenvalue weighted by atomic mass is 32.2. The van der Waals surface area contributed by atoms with Crippen molar-refractivity contribution in [3.05, 3.63) is 53.6 Å². The van der Waals surface area contributed by atoms with Gasteiger partial charge in [-0.2, -0.15) is 0 Å². The maximum atomic E-state index is 12.4. The van der Waals surface area contributed by atoms with Gasteiger partial charge in [0.15, 0.2) is 0 Å². The van der Waals surface area contributed by atoms with Crippen molar-refractivity contribution >= 4 is 33.2 Å². The SMILES string of the molecule is CC(C)CNS(=O)(=O)c1ccc(NC(=O)c2ccc3c(c2)CC(=O)N3)cc1. The van der Waals surface area contributed by atoms with Gasteiger partial charge < -0.3 is 10.6 Å². The molecule has 2 amide bonds. The Kier molecular flexibility index (Phi) is 5.29. The van der Waals surface area contributed by atoms with Crippen LogP contribution in [-0.4, -0.2) is 26.8 Å². The number of carbonyl (C=O) groups is 2. The summed E-state index contributed by atoms with van der Waals surface area (Å²) in [6.07, 6.45) is 0.256. The third-order valence-corrected chi connectivity index (χ3v) is 5.54. The largest absolute Gasteiger partial charge is 0.326 e. The van der Waals surface area contributed by atoms with Gasteiger partial charge in [0.2, 0.25) is 15.9 Å². The summed E-state index contributed by atoms with van der Waals surface area (Å²) in [6, 6.07) is 11.0. The number of anilines is 2. The van der Waals surface area contributed by atoms with E-state index < -0.39 is 10.0 Å². The van der Waals surface area contributed by atoms with Crippen LogP contribution in [0, 0.1) is 5.92 Å². The molecule has 142 valence electrons. The lowest BCUT2D eigenvalue weighted by atomic mass is 10.1. The summed E-state index contributed by atoms with van der Waals surface area (Å²) >= 11 is 0. The minimum atomic E-state index is -3.57. The molecule has 0 saturated carbocycles. The molecule has 1 heterocycles. The molecule has 2 aromatic carbocycles. The molecule has 0 atom stereocenters. The van der Waals surface area contributed by atoms with Crippen LogP contribution in [-0.2, 0) is 21.2 Å². The Morgan fingerprint density at radius 3 is 2.52 bits per heavy atom. The zero-order valence-electron chi connectivity index (χ0n) is 15.1. The molecule has 3 N–H and O–H groups in total. The van der Waals surface area contributed by atoms with Crippen LogP contribution in [0.5, 0.6) is 0 Å². The van der Waals surface area contributed by atoms with Crippen LogP contribution < -0.4 is 15.4 Å². The number of benzene rings is 2. The fourth-order valence-electron chi connectivity index (χ4n) is 2.65. The topological polar surface area (TPSA) is 104 Å². The molecule has 1 aliphatic rings. The standard InChI is InChI=1S/C19H21N3O4S/c1-12(2)11-20-27(25,26)16-6-4-15(5-7-16)21-19(24)13-3-8-17-14(9-13)10-18(23)22-17/h3-9,12,20H,10-11H2,1-2H3,(H,21,24)(H,22,23). The van der Waals surface area contributed by atoms with Crippen LogP contribution in [0.1, 0.15) is 29.8 Å². The second-order valence-corrected chi connectivity index (χ2v) is 8.59. The van der Waals surface area contributed by atoms with Gasteiger partial charge in [0, 0.05) is 23.5 Å². The Hall–Kier alpha value is -2.71. The van der Waals surface area contributed by atoms with Crippen molar-refractivity contribution in [3.63, 3.8) is 0 Å². The minimum Gasteiger partial charge on any atom is -0.326 e. The third-order valence-electron chi connectivity index (χ3n) is 4.10. The van der Waals surface area contributed by atoms with E-state index in [0.717, 1.165) is 11.3 Å². The lowest BCUT2D eigenvalue weighted by Gasteiger charge is -2.10. The highest BCUT2D eigenvalue weighted by Crippen LogP contribution is 2.24. The molecular weight excluding hydrogens is 366 g/mol. The molecule has 8 heteroatoms. The molecule has 27 heavy (non-hydrogen) atoms. The van der Waals surface area contributed by atoms with Crippen molar-refractivity contribution in [3.8, 4) is 0 Å². The molecule has 2 aromatic rings. The summed E-state index contributed by atoms with van der Waals surface area (Å²) in [5, 5.41) is 5.45. The first kappa shape index (κ1) is 19.1. The number of hydrogen-bond donors (Lipinski definition) is 3. The fourth-order valence-corrected chi connectivity index (χ4v) is 3.86. The summed E-state index contributed by atoms with van der Waals surface area (Å²) in [5.41, 5.74) is 2.42. The molecule has 0 aliphatic carbocycles. The summed E-state index contributed by atoms with van der Waals surface area (Å²) in [4.78, 5) is 24.0. The lowest BCUT2D eigenvalue weighted by molar-refractivity contribution is -0.115. The number of hydrogen-bond acceptors (Lipinski definition) is 4. The summed E-state index contributed by atoms with van der Waals surface area (Å²) in [7, 11) is -3.57. The van der Waals surface area contributed by atoms with Gasteiger partial charge in [-0.05, 0) is 53.9 Å². The molecular formula is C19H21N3O4S. The van der Waals surface area contributed by atoms with Gasteiger partial charge in [-0.25, -0.2) is 13.1 Å². The number of amides is 2. The Labute approximate surface area is 158 Å². The maximum Gasteiger partial charge on any atom is 0.255 e. The minimum absolute atomic E-state index is 0.0922. The molecule has 0 spiro atoms. The predicted octanol–water partition coefficient (Wildman–Crippen LogP) is 2.37. The van der Waals surface area contributed by atoms with E-state index in [0.29, 0.717) is 17.8 Å². The van der Waals surface area contributed by atoms with Crippen LogP contribution in [0.2, 0.25) is 0 Å². The van der Waals surface area contributed by atoms with Crippen molar-refractivity contribution in [2.75, 3.05) is 17.2 Å². The number of rotatable bonds is 6. The number of nitrogens with one attached hydrogen (secondary N) is 3. The second kappa shape index (κ2) is 7.50. The van der Waals surface area contributed by atoms with Gasteiger partial charge >= 0.3 is 0 Å². The Morgan fingerprint density at radius 1 is 1.15 bits per heavy atom. The maximum absolute atomic E-state index is 12.4. The average Bonchev–Trinajstić information content (AvgIpc) is 2.99. The van der Waals surface area contributed by atoms with E-state index in [2.05, 4.69) is 15.4 Å². The van der Waals surface area contributed by atoms with E-state index in [1.807, 2.05) is 13.8 Å². The van der Waals surface area contributed by atoms with Crippen LogP contribution in [0.4, 0.5) is 11.4 Å². The second-order valence-electron chi connectivity index (χ2n) is 6.82. The predicted molar refractivity (Wildman–Crippen MR) is 103 cm³/mol. The average molecular weight is 387 g/mol. The number of fused-ring (bicyclic) bond motifs is 1. The van der Waals surface area contributed by atoms with Crippen molar-refractivity contribution < 1.29 is 18.0 Å². The molecule has 0 unspecified atom stereocenters. The van der Waals surface area contributed by atoms with Crippen LogP contribution in [0.15, 0.2) is 47.4 Å². The van der Waals surface area contributed by atoms with Crippen molar-refractivity contribution in [2.24, 2.45) is 5.92 Å². The number of sulfonamides is 1. The van der Waals surface area contributed by atoms with Gasteiger partial charge in [0.05, 0.1) is 11.3 Å². The van der Waals surface area contributed by atoms with Gasteiger partial charge in [-0.15, -0.1) is 0 Å². The van der Waals surface area contributed by atoms with Crippen molar-refractivity contribution in [1.82, 2.24) is 4.72 Å². The summed E-state index contributed by atoms with van der Waals surface area (Å²) < 4.78 is 26.9. The van der Waals surface area contributed by atoms with Gasteiger partial charge in [0.1, 0.15) is 0 Å². The quantitative estimate of drug-likeness (QED) is 0.708. The van der Waals surface area contributed by atoms with Gasteiger partial charge in [0.25, 0.3) is 5.91 Å². The van der Waals surface area contributed by atoms with Crippen LogP contribution >= 0.6 is 0 Å². The smallest absolute Gasteiger partial charge is 0.255 e. The van der Waals surface area contributed by atoms with E-state index in [-0.39, 0.29) is 29.0 Å². The summed E-state index contributed by atoms with van der Waals surface area (Å²) in [6.45, 7) is 4.20. The van der Waals surface area contributed by atoms with E-state index in [4.69, 9.17) is 0 Å². The first-order valence-corrected chi connectivity index (χ1v) is 10.1.